The highest BCUT2D eigenvalue weighted by atomic mass is 32.2. The van der Waals surface area contributed by atoms with Crippen LogP contribution in [0, 0.1) is 0 Å². The smallest absolute Gasteiger partial charge is 0.167 e. The van der Waals surface area contributed by atoms with Gasteiger partial charge in [-0.1, -0.05) is 57.5 Å². The first kappa shape index (κ1) is 19.8. The summed E-state index contributed by atoms with van der Waals surface area (Å²) in [5.41, 5.74) is 3.10. The monoisotopic (exact) mass is 307 g/mol. The van der Waals surface area contributed by atoms with E-state index in [2.05, 4.69) is 37.9 Å². The zero-order valence-corrected chi connectivity index (χ0v) is 14.9. The minimum atomic E-state index is 0.799. The second-order valence-electron chi connectivity index (χ2n) is 4.42. The van der Waals surface area contributed by atoms with Crippen LogP contribution in [-0.2, 0) is 0 Å². The van der Waals surface area contributed by atoms with E-state index in [1.165, 1.54) is 18.4 Å². The van der Waals surface area contributed by atoms with Crippen LogP contribution in [0.3, 0.4) is 0 Å². The van der Waals surface area contributed by atoms with Gasteiger partial charge in [-0.15, -0.1) is 11.8 Å². The van der Waals surface area contributed by atoms with Crippen molar-refractivity contribution in [2.24, 2.45) is 0 Å². The Morgan fingerprint density at radius 3 is 2.62 bits per heavy atom. The molecule has 0 unspecified atom stereocenters. The number of rotatable bonds is 8. The van der Waals surface area contributed by atoms with Crippen LogP contribution >= 0.6 is 11.8 Å². The zero-order valence-electron chi connectivity index (χ0n) is 14.1. The van der Waals surface area contributed by atoms with Gasteiger partial charge in [-0.05, 0) is 43.1 Å². The summed E-state index contributed by atoms with van der Waals surface area (Å²) in [5.74, 6) is 1.95. The quantitative estimate of drug-likeness (QED) is 0.502. The van der Waals surface area contributed by atoms with Crippen molar-refractivity contribution in [3.05, 3.63) is 34.6 Å². The van der Waals surface area contributed by atoms with E-state index in [1.807, 2.05) is 43.8 Å². The Kier molecular flexibility index (Phi) is 11.8. The predicted octanol–water partition coefficient (Wildman–Crippen LogP) is 6.66. The van der Waals surface area contributed by atoms with Crippen LogP contribution in [0.2, 0.25) is 0 Å². The molecule has 1 rings (SSSR count). The Labute approximate surface area is 134 Å². The lowest BCUT2D eigenvalue weighted by Crippen LogP contribution is -1.79. The van der Waals surface area contributed by atoms with Crippen molar-refractivity contribution in [2.45, 2.75) is 53.9 Å². The topological polar surface area (TPSA) is 26.0 Å². The summed E-state index contributed by atoms with van der Waals surface area (Å²) in [7, 11) is 0. The van der Waals surface area contributed by atoms with Gasteiger partial charge < -0.3 is 4.52 Å². The van der Waals surface area contributed by atoms with Gasteiger partial charge in [-0.2, -0.15) is 0 Å². The molecule has 3 heteroatoms. The number of hydrogen-bond acceptors (Lipinski definition) is 3. The van der Waals surface area contributed by atoms with Gasteiger partial charge in [0.2, 0.25) is 0 Å². The van der Waals surface area contributed by atoms with E-state index >= 15 is 0 Å². The molecule has 0 bridgehead atoms. The molecule has 0 aliphatic carbocycles. The van der Waals surface area contributed by atoms with Gasteiger partial charge in [-0.25, -0.2) is 0 Å². The fraction of sp³-hybridized carbons (Fsp3) is 0.500. The molecule has 0 saturated carbocycles. The summed E-state index contributed by atoms with van der Waals surface area (Å²) in [5, 5.41) is 6.19. The maximum absolute atomic E-state index is 5.38. The second kappa shape index (κ2) is 12.5. The Balaban J connectivity index is 0.00000191. The highest BCUT2D eigenvalue weighted by Gasteiger charge is 2.08. The van der Waals surface area contributed by atoms with Crippen LogP contribution in [0.15, 0.2) is 22.1 Å². The van der Waals surface area contributed by atoms with E-state index in [4.69, 9.17) is 4.52 Å². The molecule has 2 nitrogen and oxygen atoms in total. The van der Waals surface area contributed by atoms with Gasteiger partial charge in [0, 0.05) is 5.56 Å². The fourth-order valence-corrected chi connectivity index (χ4v) is 2.30. The summed E-state index contributed by atoms with van der Waals surface area (Å²) in [4.78, 5) is 0. The molecule has 0 radical (unpaired) electrons. The molecule has 0 spiro atoms. The van der Waals surface area contributed by atoms with E-state index in [1.54, 1.807) is 0 Å². The molecular formula is C18H29NOS. The van der Waals surface area contributed by atoms with Crippen LogP contribution in [0.25, 0.3) is 18.2 Å². The Bertz CT molecular complexity index is 458. The van der Waals surface area contributed by atoms with Gasteiger partial charge in [0.25, 0.3) is 0 Å². The molecule has 0 N–H and O–H groups in total. The number of aromatic nitrogens is 1. The van der Waals surface area contributed by atoms with Gasteiger partial charge in [0.05, 0.1) is 0 Å². The normalized spacial score (nSPS) is 11.4. The average molecular weight is 308 g/mol. The van der Waals surface area contributed by atoms with Crippen molar-refractivity contribution in [1.29, 1.82) is 0 Å². The maximum Gasteiger partial charge on any atom is 0.167 e. The van der Waals surface area contributed by atoms with Gasteiger partial charge in [-0.3, -0.25) is 0 Å². The molecule has 21 heavy (non-hydrogen) atoms. The predicted molar refractivity (Wildman–Crippen MR) is 98.3 cm³/mol. The number of nitrogens with zero attached hydrogens (tertiary/aromatic N) is 1. The molecule has 0 fully saturated rings. The summed E-state index contributed by atoms with van der Waals surface area (Å²) < 4.78 is 5.38. The third-order valence-corrected chi connectivity index (χ3v) is 3.71. The molecule has 1 aromatic rings. The number of allylic oxidation sites excluding steroid dienone is 1. The molecule has 1 aromatic heterocycles. The summed E-state index contributed by atoms with van der Waals surface area (Å²) in [6.07, 6.45) is 9.32. The first-order valence-electron chi connectivity index (χ1n) is 7.80. The third kappa shape index (κ3) is 7.37. The van der Waals surface area contributed by atoms with Crippen molar-refractivity contribution in [3.8, 4) is 0 Å². The minimum absolute atomic E-state index is 0.799. The van der Waals surface area contributed by atoms with Crippen molar-refractivity contribution in [1.82, 2.24) is 5.16 Å². The lowest BCUT2D eigenvalue weighted by atomic mass is 10.1. The van der Waals surface area contributed by atoms with E-state index in [-0.39, 0.29) is 0 Å². The van der Waals surface area contributed by atoms with Crippen molar-refractivity contribution >= 4 is 30.0 Å². The maximum atomic E-state index is 5.38. The summed E-state index contributed by atoms with van der Waals surface area (Å²) in [6.45, 7) is 14.3. The van der Waals surface area contributed by atoms with Crippen LogP contribution in [0.1, 0.15) is 70.9 Å². The first-order valence-corrected chi connectivity index (χ1v) is 8.85. The molecule has 0 amide bonds. The van der Waals surface area contributed by atoms with Gasteiger partial charge >= 0.3 is 0 Å². The summed E-state index contributed by atoms with van der Waals surface area (Å²) in [6, 6.07) is 0. The summed E-state index contributed by atoms with van der Waals surface area (Å²) >= 11 is 1.81. The van der Waals surface area contributed by atoms with E-state index < -0.39 is 0 Å². The van der Waals surface area contributed by atoms with Crippen molar-refractivity contribution in [3.63, 3.8) is 0 Å². The van der Waals surface area contributed by atoms with Gasteiger partial charge in [0.15, 0.2) is 5.76 Å². The van der Waals surface area contributed by atoms with Crippen LogP contribution in [0.4, 0.5) is 0 Å². The Morgan fingerprint density at radius 2 is 2.05 bits per heavy atom. The van der Waals surface area contributed by atoms with Crippen LogP contribution < -0.4 is 0 Å². The van der Waals surface area contributed by atoms with E-state index in [9.17, 15) is 0 Å². The average Bonchev–Trinajstić information content (AvgIpc) is 2.90. The number of unbranched alkanes of at least 4 members (excludes halogenated alkanes) is 1. The van der Waals surface area contributed by atoms with E-state index in [0.29, 0.717) is 0 Å². The lowest BCUT2D eigenvalue weighted by molar-refractivity contribution is 0.411. The second-order valence-corrected chi connectivity index (χ2v) is 5.43. The first-order chi connectivity index (χ1) is 10.2. The number of thioether (sulfide) groups is 1. The third-order valence-electron chi connectivity index (χ3n) is 2.86. The highest BCUT2D eigenvalue weighted by molar-refractivity contribution is 8.02. The van der Waals surface area contributed by atoms with E-state index in [0.717, 1.165) is 29.2 Å². The molecule has 0 saturated heterocycles. The molecule has 118 valence electrons. The molecule has 0 aliphatic heterocycles. The standard InChI is InChI=1S/C16H23NOS.C2H6/c1-5-8-10-19-11-9-15-14(7-3)16(18-17-15)12-13(4)6-2;1-2/h7,9,11-12H,3,5-6,8,10H2,1-2,4H3;1-2H3/b11-9?,13-12-;. The lowest BCUT2D eigenvalue weighted by Gasteiger charge is -1.94. The van der Waals surface area contributed by atoms with Crippen molar-refractivity contribution < 1.29 is 4.52 Å². The van der Waals surface area contributed by atoms with Crippen LogP contribution in [-0.4, -0.2) is 10.9 Å². The van der Waals surface area contributed by atoms with Gasteiger partial charge in [0.1, 0.15) is 5.69 Å². The molecule has 1 heterocycles. The Hall–Kier alpha value is -1.22. The molecule has 0 atom stereocenters. The largest absolute Gasteiger partial charge is 0.356 e. The Morgan fingerprint density at radius 1 is 1.33 bits per heavy atom. The zero-order chi connectivity index (χ0) is 16.1. The van der Waals surface area contributed by atoms with Crippen LogP contribution in [0.5, 0.6) is 0 Å². The molecule has 0 aromatic carbocycles. The van der Waals surface area contributed by atoms with Crippen molar-refractivity contribution in [2.75, 3.05) is 5.75 Å². The fourth-order valence-electron chi connectivity index (χ4n) is 1.49. The number of hydrogen-bond donors (Lipinski definition) is 0. The molecule has 0 aliphatic rings. The SMILES string of the molecule is C=Cc1c(C=CSCCCC)noc1/C=C(/C)CC.CC. The highest BCUT2D eigenvalue weighted by Crippen LogP contribution is 2.21. The molecular weight excluding hydrogens is 278 g/mol. The minimum Gasteiger partial charge on any atom is -0.356 e.